The average Bonchev–Trinajstić information content (AvgIpc) is 2.89. The van der Waals surface area contributed by atoms with Crippen molar-refractivity contribution in [1.29, 1.82) is 0 Å². The zero-order valence-corrected chi connectivity index (χ0v) is 24.6. The molecule has 0 saturated heterocycles. The molecule has 0 saturated carbocycles. The number of nitrogens with zero attached hydrogens (tertiary/aromatic N) is 1. The first kappa shape index (κ1) is 29.5. The van der Waals surface area contributed by atoms with E-state index in [1.807, 2.05) is 13.0 Å². The number of benzene rings is 3. The molecule has 0 spiro atoms. The van der Waals surface area contributed by atoms with Gasteiger partial charge < -0.3 is 19.5 Å². The largest absolute Gasteiger partial charge is 0.497 e. The predicted octanol–water partition coefficient (Wildman–Crippen LogP) is 6.31. The molecule has 3 aromatic rings. The molecule has 1 atom stereocenters. The highest BCUT2D eigenvalue weighted by Gasteiger charge is 2.21. The Morgan fingerprint density at radius 2 is 1.79 bits per heavy atom. The van der Waals surface area contributed by atoms with Crippen LogP contribution in [0.4, 0.5) is 5.69 Å². The minimum absolute atomic E-state index is 0.228. The summed E-state index contributed by atoms with van der Waals surface area (Å²) in [6, 6.07) is 15.6. The number of methoxy groups -OCH3 is 1. The number of hydrazone groups is 1. The third kappa shape index (κ3) is 8.24. The molecule has 0 aromatic heterocycles. The summed E-state index contributed by atoms with van der Waals surface area (Å²) in [6.07, 6.45) is 1.47. The van der Waals surface area contributed by atoms with Crippen molar-refractivity contribution in [2.75, 3.05) is 19.0 Å². The lowest BCUT2D eigenvalue weighted by Crippen LogP contribution is -2.34. The summed E-state index contributed by atoms with van der Waals surface area (Å²) in [5.41, 5.74) is 4.42. The summed E-state index contributed by atoms with van der Waals surface area (Å²) in [5.74, 6) is -0.238. The molecule has 0 radical (unpaired) electrons. The van der Waals surface area contributed by atoms with Crippen LogP contribution in [0.2, 0.25) is 10.0 Å². The number of hydrogen-bond acceptors (Lipinski definition) is 6. The molecule has 3 aromatic carbocycles. The molecule has 38 heavy (non-hydrogen) atoms. The van der Waals surface area contributed by atoms with Crippen LogP contribution in [0.25, 0.3) is 0 Å². The summed E-state index contributed by atoms with van der Waals surface area (Å²) in [5, 5.41) is 7.76. The van der Waals surface area contributed by atoms with E-state index in [0.717, 1.165) is 9.13 Å². The van der Waals surface area contributed by atoms with Gasteiger partial charge in [0.1, 0.15) is 18.3 Å². The molecule has 8 nitrogen and oxygen atoms in total. The zero-order chi connectivity index (χ0) is 27.7. The van der Waals surface area contributed by atoms with Gasteiger partial charge in [-0.25, -0.2) is 5.43 Å². The van der Waals surface area contributed by atoms with Gasteiger partial charge in [-0.2, -0.15) is 5.10 Å². The van der Waals surface area contributed by atoms with Crippen molar-refractivity contribution in [2.45, 2.75) is 20.5 Å². The van der Waals surface area contributed by atoms with Crippen molar-refractivity contribution in [3.05, 3.63) is 79.3 Å². The molecule has 1 unspecified atom stereocenters. The fourth-order valence-corrected chi connectivity index (χ4v) is 4.41. The molecular formula is C27H26Cl2IN3O5. The maximum atomic E-state index is 12.5. The Morgan fingerprint density at radius 1 is 1.05 bits per heavy atom. The normalized spacial score (nSPS) is 11.6. The van der Waals surface area contributed by atoms with E-state index in [1.165, 1.54) is 13.1 Å². The molecular weight excluding hydrogens is 644 g/mol. The van der Waals surface area contributed by atoms with E-state index < -0.39 is 17.7 Å². The van der Waals surface area contributed by atoms with Crippen molar-refractivity contribution < 1.29 is 23.8 Å². The summed E-state index contributed by atoms with van der Waals surface area (Å²) in [7, 11) is 1.56. The minimum atomic E-state index is -0.969. The Labute approximate surface area is 244 Å². The van der Waals surface area contributed by atoms with Gasteiger partial charge >= 0.3 is 0 Å². The fourth-order valence-electron chi connectivity index (χ4n) is 3.17. The molecule has 11 heteroatoms. The minimum Gasteiger partial charge on any atom is -0.497 e. The number of anilines is 1. The van der Waals surface area contributed by atoms with E-state index in [1.54, 1.807) is 55.6 Å². The Bertz CT molecular complexity index is 1320. The second-order valence-electron chi connectivity index (χ2n) is 7.96. The average molecular weight is 670 g/mol. The monoisotopic (exact) mass is 669 g/mol. The van der Waals surface area contributed by atoms with Crippen LogP contribution in [0.15, 0.2) is 59.7 Å². The van der Waals surface area contributed by atoms with Crippen LogP contribution in [-0.2, 0) is 16.2 Å². The number of nitrogens with one attached hydrogen (secondary N) is 2. The number of amides is 2. The van der Waals surface area contributed by atoms with Crippen molar-refractivity contribution in [3.8, 4) is 17.2 Å². The molecule has 0 aliphatic carbocycles. The molecule has 200 valence electrons. The van der Waals surface area contributed by atoms with Crippen molar-refractivity contribution in [1.82, 2.24) is 5.43 Å². The maximum Gasteiger partial charge on any atom is 0.252 e. The molecule has 0 aliphatic rings. The Morgan fingerprint density at radius 3 is 2.45 bits per heavy atom. The SMILES string of the molecule is CCOc1cc(C=NNC(=O)C(C)C(=O)Nc2ccc(OC)cc2)cc(I)c1OCc1ccc(Cl)cc1Cl. The van der Waals surface area contributed by atoms with Gasteiger partial charge in [0.05, 0.1) is 23.5 Å². The Kier molecular flexibility index (Phi) is 11.1. The van der Waals surface area contributed by atoms with E-state index in [-0.39, 0.29) is 6.61 Å². The molecule has 0 bridgehead atoms. The zero-order valence-electron chi connectivity index (χ0n) is 20.9. The Hall–Kier alpha value is -3.02. The summed E-state index contributed by atoms with van der Waals surface area (Å²) in [6.45, 7) is 4.02. The molecule has 0 fully saturated rings. The van der Waals surface area contributed by atoms with E-state index in [2.05, 4.69) is 38.4 Å². The number of carbonyl (C=O) groups excluding carboxylic acids is 2. The highest BCUT2D eigenvalue weighted by atomic mass is 127. The first-order valence-corrected chi connectivity index (χ1v) is 13.4. The maximum absolute atomic E-state index is 12.5. The quantitative estimate of drug-likeness (QED) is 0.108. The van der Waals surface area contributed by atoms with Crippen LogP contribution in [0.5, 0.6) is 17.2 Å². The van der Waals surface area contributed by atoms with Gasteiger partial charge in [0.15, 0.2) is 11.5 Å². The highest BCUT2D eigenvalue weighted by molar-refractivity contribution is 14.1. The van der Waals surface area contributed by atoms with Crippen LogP contribution < -0.4 is 25.0 Å². The number of rotatable bonds is 11. The number of halogens is 3. The highest BCUT2D eigenvalue weighted by Crippen LogP contribution is 2.35. The van der Waals surface area contributed by atoms with Crippen LogP contribution in [-0.4, -0.2) is 31.7 Å². The van der Waals surface area contributed by atoms with E-state index in [0.29, 0.717) is 45.2 Å². The summed E-state index contributed by atoms with van der Waals surface area (Å²) in [4.78, 5) is 24.9. The summed E-state index contributed by atoms with van der Waals surface area (Å²) >= 11 is 14.4. The summed E-state index contributed by atoms with van der Waals surface area (Å²) < 4.78 is 17.7. The van der Waals surface area contributed by atoms with Gasteiger partial charge in [-0.3, -0.25) is 9.59 Å². The second-order valence-corrected chi connectivity index (χ2v) is 9.97. The van der Waals surface area contributed by atoms with Crippen LogP contribution >= 0.6 is 45.8 Å². The van der Waals surface area contributed by atoms with Gasteiger partial charge in [-0.15, -0.1) is 0 Å². The number of carbonyl (C=O) groups is 2. The lowest BCUT2D eigenvalue weighted by atomic mass is 10.1. The molecule has 0 heterocycles. The van der Waals surface area contributed by atoms with Gasteiger partial charge in [0.2, 0.25) is 5.91 Å². The fraction of sp³-hybridized carbons (Fsp3) is 0.222. The predicted molar refractivity (Wildman–Crippen MR) is 158 cm³/mol. The van der Waals surface area contributed by atoms with Gasteiger partial charge in [-0.05, 0) is 90.5 Å². The standard InChI is InChI=1S/C27H26Cl2IN3O5/c1-4-37-24-12-17(11-23(30)25(24)38-15-18-5-6-19(28)13-22(18)29)14-31-33-27(35)16(2)26(34)32-20-7-9-21(36-3)10-8-20/h5-14,16H,4,15H2,1-3H3,(H,32,34)(H,33,35). The first-order chi connectivity index (χ1) is 18.2. The molecule has 2 N–H and O–H groups in total. The third-order valence-electron chi connectivity index (χ3n) is 5.25. The first-order valence-electron chi connectivity index (χ1n) is 11.5. The van der Waals surface area contributed by atoms with Crippen LogP contribution in [0, 0.1) is 9.49 Å². The van der Waals surface area contributed by atoms with Gasteiger partial charge in [-0.1, -0.05) is 29.3 Å². The number of hydrogen-bond donors (Lipinski definition) is 2. The smallest absolute Gasteiger partial charge is 0.252 e. The van der Waals surface area contributed by atoms with Crippen molar-refractivity contribution in [3.63, 3.8) is 0 Å². The molecule has 2 amide bonds. The van der Waals surface area contributed by atoms with Crippen LogP contribution in [0.3, 0.4) is 0 Å². The Balaban J connectivity index is 1.63. The topological polar surface area (TPSA) is 98.2 Å². The van der Waals surface area contributed by atoms with Crippen molar-refractivity contribution in [2.24, 2.45) is 11.0 Å². The van der Waals surface area contributed by atoms with Crippen molar-refractivity contribution >= 4 is 69.5 Å². The third-order valence-corrected chi connectivity index (χ3v) is 6.64. The lowest BCUT2D eigenvalue weighted by Gasteiger charge is -2.15. The van der Waals surface area contributed by atoms with Gasteiger partial charge in [0, 0.05) is 21.3 Å². The van der Waals surface area contributed by atoms with E-state index in [9.17, 15) is 9.59 Å². The molecule has 0 aliphatic heterocycles. The molecule has 3 rings (SSSR count). The number of ether oxygens (including phenoxy) is 3. The van der Waals surface area contributed by atoms with Gasteiger partial charge in [0.25, 0.3) is 5.91 Å². The van der Waals surface area contributed by atoms with E-state index >= 15 is 0 Å². The lowest BCUT2D eigenvalue weighted by molar-refractivity contribution is -0.131. The van der Waals surface area contributed by atoms with Crippen LogP contribution in [0.1, 0.15) is 25.0 Å². The van der Waals surface area contributed by atoms with E-state index in [4.69, 9.17) is 37.4 Å². The second kappa shape index (κ2) is 14.2.